The number of rotatable bonds is 7. The van der Waals surface area contributed by atoms with Gasteiger partial charge in [0.25, 0.3) is 5.91 Å². The van der Waals surface area contributed by atoms with Gasteiger partial charge in [-0.25, -0.2) is 4.39 Å². The highest BCUT2D eigenvalue weighted by Crippen LogP contribution is 2.42. The molecular formula is C27H32FN3O2S. The lowest BCUT2D eigenvalue weighted by molar-refractivity contribution is -0.122. The van der Waals surface area contributed by atoms with Crippen molar-refractivity contribution in [2.24, 2.45) is 11.8 Å². The van der Waals surface area contributed by atoms with Gasteiger partial charge in [0, 0.05) is 30.1 Å². The lowest BCUT2D eigenvalue weighted by atomic mass is 9.92. The number of nitrogens with zero attached hydrogens (tertiary/aromatic N) is 2. The first-order valence-electron chi connectivity index (χ1n) is 11.9. The van der Waals surface area contributed by atoms with Gasteiger partial charge < -0.3 is 10.2 Å². The van der Waals surface area contributed by atoms with E-state index >= 15 is 0 Å². The van der Waals surface area contributed by atoms with Gasteiger partial charge in [-0.15, -0.1) is 0 Å². The van der Waals surface area contributed by atoms with Gasteiger partial charge in [-0.05, 0) is 55.5 Å². The van der Waals surface area contributed by atoms with Crippen molar-refractivity contribution in [1.82, 2.24) is 10.2 Å². The summed E-state index contributed by atoms with van der Waals surface area (Å²) in [4.78, 5) is 31.2. The molecule has 2 aromatic carbocycles. The van der Waals surface area contributed by atoms with E-state index in [0.29, 0.717) is 34.5 Å². The number of anilines is 1. The van der Waals surface area contributed by atoms with E-state index in [-0.39, 0.29) is 24.2 Å². The molecule has 2 aliphatic rings. The number of nitrogens with one attached hydrogen (secondary N) is 1. The van der Waals surface area contributed by atoms with Crippen molar-refractivity contribution in [1.29, 1.82) is 0 Å². The van der Waals surface area contributed by atoms with Crippen LogP contribution in [0.15, 0.2) is 58.3 Å². The van der Waals surface area contributed by atoms with Crippen LogP contribution in [0.3, 0.4) is 0 Å². The Morgan fingerprint density at radius 3 is 2.59 bits per heavy atom. The fourth-order valence-corrected chi connectivity index (χ4v) is 5.91. The molecule has 5 nitrogen and oxygen atoms in total. The second-order valence-corrected chi connectivity index (χ2v) is 10.5. The third-order valence-corrected chi connectivity index (χ3v) is 7.32. The molecule has 2 aromatic rings. The number of likely N-dealkylation sites (tertiary alicyclic amines) is 1. The Bertz CT molecular complexity index is 1060. The van der Waals surface area contributed by atoms with Gasteiger partial charge in [0.2, 0.25) is 5.91 Å². The molecule has 0 aliphatic carbocycles. The predicted molar refractivity (Wildman–Crippen MR) is 136 cm³/mol. The molecule has 1 saturated heterocycles. The highest BCUT2D eigenvalue weighted by Gasteiger charge is 2.30. The molecule has 2 atom stereocenters. The quantitative estimate of drug-likeness (QED) is 0.456. The van der Waals surface area contributed by atoms with Crippen molar-refractivity contribution in [3.05, 3.63) is 64.8 Å². The molecule has 0 aromatic heterocycles. The molecule has 2 heterocycles. The minimum atomic E-state index is -0.385. The van der Waals surface area contributed by atoms with Gasteiger partial charge in [0.05, 0.1) is 10.6 Å². The van der Waals surface area contributed by atoms with Crippen molar-refractivity contribution in [3.8, 4) is 0 Å². The molecule has 7 heteroatoms. The van der Waals surface area contributed by atoms with E-state index in [9.17, 15) is 14.0 Å². The summed E-state index contributed by atoms with van der Waals surface area (Å²) in [5.74, 6) is 0.559. The molecule has 2 aliphatic heterocycles. The van der Waals surface area contributed by atoms with E-state index in [0.717, 1.165) is 31.0 Å². The van der Waals surface area contributed by atoms with Crippen LogP contribution in [0, 0.1) is 17.7 Å². The average molecular weight is 482 g/mol. The maximum Gasteiger partial charge on any atom is 0.265 e. The smallest absolute Gasteiger partial charge is 0.265 e. The zero-order valence-corrected chi connectivity index (χ0v) is 20.6. The minimum Gasteiger partial charge on any atom is -0.355 e. The predicted octanol–water partition coefficient (Wildman–Crippen LogP) is 4.79. The third kappa shape index (κ3) is 6.07. The van der Waals surface area contributed by atoms with Crippen LogP contribution in [0.4, 0.5) is 10.1 Å². The molecule has 0 saturated carbocycles. The number of amides is 2. The molecule has 34 heavy (non-hydrogen) atoms. The molecule has 2 amide bonds. The monoisotopic (exact) mass is 481 g/mol. The van der Waals surface area contributed by atoms with Crippen molar-refractivity contribution in [2.75, 3.05) is 37.6 Å². The van der Waals surface area contributed by atoms with E-state index < -0.39 is 0 Å². The summed E-state index contributed by atoms with van der Waals surface area (Å²) in [6.07, 6.45) is 3.72. The largest absolute Gasteiger partial charge is 0.355 e. The molecule has 180 valence electrons. The van der Waals surface area contributed by atoms with Crippen LogP contribution in [0.1, 0.15) is 32.3 Å². The van der Waals surface area contributed by atoms with Gasteiger partial charge in [-0.2, -0.15) is 0 Å². The maximum atomic E-state index is 14.2. The highest BCUT2D eigenvalue weighted by atomic mass is 32.2. The number of carbonyl (C=O) groups is 2. The second kappa shape index (κ2) is 11.2. The summed E-state index contributed by atoms with van der Waals surface area (Å²) in [5.41, 5.74) is 1.05. The van der Waals surface area contributed by atoms with Crippen molar-refractivity contribution in [3.63, 3.8) is 0 Å². The number of halogens is 1. The Morgan fingerprint density at radius 2 is 1.82 bits per heavy atom. The Labute approximate surface area is 205 Å². The van der Waals surface area contributed by atoms with Gasteiger partial charge >= 0.3 is 0 Å². The van der Waals surface area contributed by atoms with E-state index in [1.165, 1.54) is 29.1 Å². The lowest BCUT2D eigenvalue weighted by Gasteiger charge is -2.35. The molecule has 0 unspecified atom stereocenters. The zero-order valence-electron chi connectivity index (χ0n) is 19.8. The number of para-hydroxylation sites is 1. The molecule has 0 bridgehead atoms. The molecule has 1 N–H and O–H groups in total. The zero-order chi connectivity index (χ0) is 24.1. The van der Waals surface area contributed by atoms with E-state index in [1.54, 1.807) is 24.3 Å². The first kappa shape index (κ1) is 24.5. The number of thioether (sulfide) groups is 1. The molecule has 0 spiro atoms. The van der Waals surface area contributed by atoms with Gasteiger partial charge in [-0.1, -0.05) is 55.9 Å². The molecule has 1 fully saturated rings. The first-order chi connectivity index (χ1) is 16.4. The summed E-state index contributed by atoms with van der Waals surface area (Å²) >= 11 is 1.30. The normalized spacial score (nSPS) is 22.0. The summed E-state index contributed by atoms with van der Waals surface area (Å²) in [5, 5.41) is 2.97. The number of fused-ring (bicyclic) bond motifs is 1. The fraction of sp³-hybridized carbons (Fsp3) is 0.407. The number of piperidine rings is 1. The summed E-state index contributed by atoms with van der Waals surface area (Å²) in [6.45, 7) is 8.30. The van der Waals surface area contributed by atoms with Crippen LogP contribution in [0.25, 0.3) is 6.08 Å². The van der Waals surface area contributed by atoms with Crippen LogP contribution in [0.5, 0.6) is 0 Å². The molecular weight excluding hydrogens is 449 g/mol. The van der Waals surface area contributed by atoms with Gasteiger partial charge in [-0.3, -0.25) is 14.5 Å². The molecule has 4 rings (SSSR count). The Hall–Kier alpha value is -2.64. The Morgan fingerprint density at radius 1 is 1.12 bits per heavy atom. The summed E-state index contributed by atoms with van der Waals surface area (Å²) < 4.78 is 14.2. The number of carbonyl (C=O) groups excluding carboxylic acids is 2. The topological polar surface area (TPSA) is 52.7 Å². The van der Waals surface area contributed by atoms with Crippen LogP contribution >= 0.6 is 11.8 Å². The summed E-state index contributed by atoms with van der Waals surface area (Å²) in [7, 11) is 0. The minimum absolute atomic E-state index is 0.0667. The van der Waals surface area contributed by atoms with Crippen LogP contribution in [-0.4, -0.2) is 49.4 Å². The summed E-state index contributed by atoms with van der Waals surface area (Å²) in [6, 6.07) is 13.8. The average Bonchev–Trinajstić information content (AvgIpc) is 2.80. The van der Waals surface area contributed by atoms with E-state index in [4.69, 9.17) is 0 Å². The van der Waals surface area contributed by atoms with Gasteiger partial charge in [0.15, 0.2) is 0 Å². The Kier molecular flexibility index (Phi) is 8.06. The van der Waals surface area contributed by atoms with Crippen molar-refractivity contribution in [2.45, 2.75) is 31.6 Å². The third-order valence-electron chi connectivity index (χ3n) is 6.24. The standard InChI is InChI=1S/C27H32FN3O2S/c1-19-14-20(2)17-30(16-19)13-7-12-29-26(32)18-31-23-10-5-6-11-24(23)34-25(27(31)33)15-21-8-3-4-9-22(21)28/h3-6,8-11,15,19-20H,7,12-14,16-18H2,1-2H3,(H,29,32)/b25-15-/t19-,20+. The van der Waals surface area contributed by atoms with Crippen molar-refractivity contribution < 1.29 is 14.0 Å². The second-order valence-electron chi connectivity index (χ2n) is 9.40. The maximum absolute atomic E-state index is 14.2. The highest BCUT2D eigenvalue weighted by molar-refractivity contribution is 8.04. The van der Waals surface area contributed by atoms with Gasteiger partial charge in [0.1, 0.15) is 12.4 Å². The molecule has 0 radical (unpaired) electrons. The van der Waals surface area contributed by atoms with Crippen LogP contribution in [0.2, 0.25) is 0 Å². The van der Waals surface area contributed by atoms with Crippen LogP contribution < -0.4 is 10.2 Å². The number of hydrogen-bond donors (Lipinski definition) is 1. The number of benzene rings is 2. The van der Waals surface area contributed by atoms with Crippen molar-refractivity contribution >= 4 is 35.3 Å². The van der Waals surface area contributed by atoms with E-state index in [1.807, 2.05) is 24.3 Å². The first-order valence-corrected chi connectivity index (χ1v) is 12.8. The fourth-order valence-electron chi connectivity index (χ4n) is 4.86. The number of hydrogen-bond acceptors (Lipinski definition) is 4. The SMILES string of the molecule is C[C@@H]1C[C@H](C)CN(CCCNC(=O)CN2C(=O)/C(=C/c3ccccc3F)Sc3ccccc32)C1. The van der Waals surface area contributed by atoms with Crippen LogP contribution in [-0.2, 0) is 9.59 Å². The van der Waals surface area contributed by atoms with E-state index in [2.05, 4.69) is 24.1 Å². The lowest BCUT2D eigenvalue weighted by Crippen LogP contribution is -2.43. The Balaban J connectivity index is 1.38.